The maximum atomic E-state index is 13.8. The van der Waals surface area contributed by atoms with Gasteiger partial charge in [-0.1, -0.05) is 24.3 Å². The molecule has 21 heavy (non-hydrogen) atoms. The molecule has 3 rings (SSSR count). The maximum Gasteiger partial charge on any atom is 0.131 e. The van der Waals surface area contributed by atoms with Crippen LogP contribution in [-0.2, 0) is 13.1 Å². The largest absolute Gasteiger partial charge is 0.343 e. The molecule has 0 radical (unpaired) electrons. The van der Waals surface area contributed by atoms with Crippen LogP contribution in [0.4, 0.5) is 8.78 Å². The van der Waals surface area contributed by atoms with Crippen molar-refractivity contribution >= 4 is 10.9 Å². The summed E-state index contributed by atoms with van der Waals surface area (Å²) in [5.41, 5.74) is 2.69. The minimum atomic E-state index is -0.551. The molecule has 0 unspecified atom stereocenters. The number of benzene rings is 2. The Labute approximate surface area is 122 Å². The molecule has 4 heteroatoms. The lowest BCUT2D eigenvalue weighted by Crippen LogP contribution is -2.04. The maximum absolute atomic E-state index is 13.8. The number of fused-ring (bicyclic) bond motifs is 1. The van der Waals surface area contributed by atoms with Crippen LogP contribution >= 0.6 is 0 Å². The first kappa shape index (κ1) is 13.8. The molecule has 1 N–H and O–H groups in total. The molecule has 2 aromatic carbocycles. The summed E-state index contributed by atoms with van der Waals surface area (Å²) in [6.07, 6.45) is 2.02. The second-order valence-corrected chi connectivity index (χ2v) is 5.07. The second kappa shape index (κ2) is 5.66. The van der Waals surface area contributed by atoms with Gasteiger partial charge in [0.25, 0.3) is 0 Å². The van der Waals surface area contributed by atoms with Crippen LogP contribution in [0.2, 0.25) is 0 Å². The molecule has 1 heterocycles. The fourth-order valence-electron chi connectivity index (χ4n) is 2.62. The van der Waals surface area contributed by atoms with Gasteiger partial charge in [0.15, 0.2) is 0 Å². The zero-order valence-corrected chi connectivity index (χ0v) is 11.7. The molecule has 0 saturated heterocycles. The smallest absolute Gasteiger partial charge is 0.131 e. The van der Waals surface area contributed by atoms with Crippen LogP contribution < -0.4 is 5.32 Å². The summed E-state index contributed by atoms with van der Waals surface area (Å²) in [6, 6.07) is 11.7. The number of rotatable bonds is 4. The minimum absolute atomic E-state index is 0.385. The van der Waals surface area contributed by atoms with E-state index < -0.39 is 11.6 Å². The van der Waals surface area contributed by atoms with E-state index in [4.69, 9.17) is 0 Å². The van der Waals surface area contributed by atoms with Gasteiger partial charge in [-0.25, -0.2) is 8.78 Å². The Bertz CT molecular complexity index is 778. The number of hydrogen-bond acceptors (Lipinski definition) is 1. The van der Waals surface area contributed by atoms with Gasteiger partial charge in [-0.15, -0.1) is 0 Å². The normalized spacial score (nSPS) is 11.2. The molecule has 0 saturated carbocycles. The Morgan fingerprint density at radius 1 is 1.05 bits per heavy atom. The van der Waals surface area contributed by atoms with Crippen molar-refractivity contribution in [2.45, 2.75) is 13.1 Å². The van der Waals surface area contributed by atoms with Gasteiger partial charge in [0.1, 0.15) is 11.6 Å². The van der Waals surface area contributed by atoms with Crippen molar-refractivity contribution in [2.24, 2.45) is 0 Å². The lowest BCUT2D eigenvalue weighted by atomic mass is 10.2. The lowest BCUT2D eigenvalue weighted by Gasteiger charge is -2.07. The van der Waals surface area contributed by atoms with Gasteiger partial charge in [-0.05, 0) is 24.7 Å². The molecule has 0 amide bonds. The lowest BCUT2D eigenvalue weighted by molar-refractivity contribution is 0.567. The minimum Gasteiger partial charge on any atom is -0.343 e. The summed E-state index contributed by atoms with van der Waals surface area (Å²) in [5, 5.41) is 4.28. The zero-order valence-electron chi connectivity index (χ0n) is 11.7. The molecular formula is C17H16F2N2. The summed E-state index contributed by atoms with van der Waals surface area (Å²) < 4.78 is 28.8. The SMILES string of the molecule is CNCc1cn(Cc2ccc(F)cc2F)c2ccccc12. The van der Waals surface area contributed by atoms with Gasteiger partial charge in [-0.2, -0.15) is 0 Å². The third kappa shape index (κ3) is 2.67. The van der Waals surface area contributed by atoms with Crippen molar-refractivity contribution in [3.63, 3.8) is 0 Å². The molecule has 0 aliphatic rings. The van der Waals surface area contributed by atoms with Crippen molar-refractivity contribution in [1.82, 2.24) is 9.88 Å². The first-order valence-electron chi connectivity index (χ1n) is 6.84. The van der Waals surface area contributed by atoms with Gasteiger partial charge in [-0.3, -0.25) is 0 Å². The number of aromatic nitrogens is 1. The summed E-state index contributed by atoms with van der Waals surface area (Å²) in [6.45, 7) is 1.13. The van der Waals surface area contributed by atoms with Gasteiger partial charge < -0.3 is 9.88 Å². The molecule has 1 aromatic heterocycles. The van der Waals surface area contributed by atoms with Crippen LogP contribution in [0.15, 0.2) is 48.7 Å². The quantitative estimate of drug-likeness (QED) is 0.774. The summed E-state index contributed by atoms with van der Waals surface area (Å²) in [5.74, 6) is -1.06. The molecule has 2 nitrogen and oxygen atoms in total. The van der Waals surface area contributed by atoms with E-state index in [0.29, 0.717) is 12.1 Å². The topological polar surface area (TPSA) is 17.0 Å². The summed E-state index contributed by atoms with van der Waals surface area (Å²) in [7, 11) is 1.89. The Morgan fingerprint density at radius 2 is 1.86 bits per heavy atom. The predicted octanol–water partition coefficient (Wildman–Crippen LogP) is 3.69. The molecule has 108 valence electrons. The predicted molar refractivity (Wildman–Crippen MR) is 80.2 cm³/mol. The van der Waals surface area contributed by atoms with E-state index in [1.165, 1.54) is 12.1 Å². The van der Waals surface area contributed by atoms with E-state index in [0.717, 1.165) is 29.1 Å². The molecule has 3 aromatic rings. The third-order valence-corrected chi connectivity index (χ3v) is 3.59. The van der Waals surface area contributed by atoms with Crippen LogP contribution in [0.1, 0.15) is 11.1 Å². The molecule has 0 fully saturated rings. The van der Waals surface area contributed by atoms with Crippen LogP contribution in [-0.4, -0.2) is 11.6 Å². The average molecular weight is 286 g/mol. The fraction of sp³-hybridized carbons (Fsp3) is 0.176. The van der Waals surface area contributed by atoms with E-state index >= 15 is 0 Å². The highest BCUT2D eigenvalue weighted by Gasteiger charge is 2.10. The molecular weight excluding hydrogens is 270 g/mol. The van der Waals surface area contributed by atoms with Gasteiger partial charge in [0, 0.05) is 35.3 Å². The first-order chi connectivity index (χ1) is 10.2. The van der Waals surface area contributed by atoms with Crippen molar-refractivity contribution in [2.75, 3.05) is 7.05 Å². The Hall–Kier alpha value is -2.20. The Morgan fingerprint density at radius 3 is 2.62 bits per heavy atom. The van der Waals surface area contributed by atoms with Crippen LogP contribution in [0.3, 0.4) is 0 Å². The van der Waals surface area contributed by atoms with Crippen molar-refractivity contribution in [3.05, 3.63) is 71.4 Å². The van der Waals surface area contributed by atoms with E-state index in [2.05, 4.69) is 11.4 Å². The van der Waals surface area contributed by atoms with E-state index in [-0.39, 0.29) is 0 Å². The Balaban J connectivity index is 2.04. The number of halogens is 2. The molecule has 0 aliphatic carbocycles. The molecule has 0 spiro atoms. The fourth-order valence-corrected chi connectivity index (χ4v) is 2.62. The second-order valence-electron chi connectivity index (χ2n) is 5.07. The van der Waals surface area contributed by atoms with Gasteiger partial charge in [0.2, 0.25) is 0 Å². The molecule has 0 aliphatic heterocycles. The van der Waals surface area contributed by atoms with E-state index in [9.17, 15) is 8.78 Å². The number of nitrogens with one attached hydrogen (secondary N) is 1. The number of para-hydroxylation sites is 1. The highest BCUT2D eigenvalue weighted by molar-refractivity contribution is 5.84. The standard InChI is InChI=1S/C17H16F2N2/c1-20-9-13-11-21(17-5-3-2-4-15(13)17)10-12-6-7-14(18)8-16(12)19/h2-8,11,20H,9-10H2,1H3. The molecule has 0 bridgehead atoms. The van der Waals surface area contributed by atoms with Crippen LogP contribution in [0.5, 0.6) is 0 Å². The Kier molecular flexibility index (Phi) is 3.71. The van der Waals surface area contributed by atoms with E-state index in [1.807, 2.05) is 36.0 Å². The highest BCUT2D eigenvalue weighted by atomic mass is 19.1. The third-order valence-electron chi connectivity index (χ3n) is 3.59. The van der Waals surface area contributed by atoms with Crippen molar-refractivity contribution in [3.8, 4) is 0 Å². The van der Waals surface area contributed by atoms with Crippen LogP contribution in [0, 0.1) is 11.6 Å². The highest BCUT2D eigenvalue weighted by Crippen LogP contribution is 2.23. The summed E-state index contributed by atoms with van der Waals surface area (Å²) >= 11 is 0. The average Bonchev–Trinajstić information content (AvgIpc) is 2.81. The van der Waals surface area contributed by atoms with Crippen LogP contribution in [0.25, 0.3) is 10.9 Å². The summed E-state index contributed by atoms with van der Waals surface area (Å²) in [4.78, 5) is 0. The van der Waals surface area contributed by atoms with Gasteiger partial charge in [0.05, 0.1) is 6.54 Å². The van der Waals surface area contributed by atoms with E-state index in [1.54, 1.807) is 0 Å². The molecule has 0 atom stereocenters. The van der Waals surface area contributed by atoms with Crippen molar-refractivity contribution < 1.29 is 8.78 Å². The van der Waals surface area contributed by atoms with Crippen molar-refractivity contribution in [1.29, 1.82) is 0 Å². The van der Waals surface area contributed by atoms with Gasteiger partial charge >= 0.3 is 0 Å². The number of hydrogen-bond donors (Lipinski definition) is 1. The monoisotopic (exact) mass is 286 g/mol. The number of nitrogens with zero attached hydrogens (tertiary/aromatic N) is 1. The zero-order chi connectivity index (χ0) is 14.8. The first-order valence-corrected chi connectivity index (χ1v) is 6.84.